The SMILES string of the molecule is Nc1nc2ncc(CNc3ccc(C(=O)NC(CCC(=O)CN4CCCN(Cc5ccc(CN6CCCCCCNCCCNCC6)cc5)CCCCCCNCC4)OC=O)cc3)nc2c(=O)[nH]1. The number of H-pyrrole nitrogens is 1. The monoisotopic (exact) mass is 938 g/mol. The average molecular weight is 938 g/mol. The molecule has 2 saturated heterocycles. The number of aromatic nitrogens is 4. The molecule has 6 rings (SSSR count). The van der Waals surface area contributed by atoms with Gasteiger partial charge in [0, 0.05) is 63.4 Å². The van der Waals surface area contributed by atoms with Gasteiger partial charge in [0.15, 0.2) is 17.4 Å². The summed E-state index contributed by atoms with van der Waals surface area (Å²) in [6.45, 7) is 14.6. The van der Waals surface area contributed by atoms with Crippen LogP contribution in [0, 0.1) is 0 Å². The fourth-order valence-corrected chi connectivity index (χ4v) is 8.74. The van der Waals surface area contributed by atoms with E-state index in [-0.39, 0.29) is 48.8 Å². The Bertz CT molecular complexity index is 2160. The topological polar surface area (TPSA) is 228 Å². The summed E-state index contributed by atoms with van der Waals surface area (Å²) in [5, 5.41) is 16.7. The van der Waals surface area contributed by atoms with Crippen LogP contribution in [0.2, 0.25) is 0 Å². The lowest BCUT2D eigenvalue weighted by Gasteiger charge is -2.27. The van der Waals surface area contributed by atoms with Crippen molar-refractivity contribution in [3.8, 4) is 0 Å². The van der Waals surface area contributed by atoms with Gasteiger partial charge < -0.3 is 37.1 Å². The number of aromatic amines is 1. The number of ether oxygens (including phenoxy) is 1. The second kappa shape index (κ2) is 29.5. The molecule has 0 radical (unpaired) electrons. The number of carbonyl (C=O) groups is 3. The van der Waals surface area contributed by atoms with Crippen LogP contribution >= 0.6 is 0 Å². The van der Waals surface area contributed by atoms with Gasteiger partial charge in [0.05, 0.1) is 25.0 Å². The maximum Gasteiger partial charge on any atom is 0.295 e. The first-order valence-electron chi connectivity index (χ1n) is 25.0. The number of nitrogens with two attached hydrogens (primary N) is 1. The van der Waals surface area contributed by atoms with E-state index < -0.39 is 17.7 Å². The van der Waals surface area contributed by atoms with Gasteiger partial charge in [-0.1, -0.05) is 49.9 Å². The third-order valence-corrected chi connectivity index (χ3v) is 12.6. The van der Waals surface area contributed by atoms with Gasteiger partial charge in [0.2, 0.25) is 5.95 Å². The Hall–Kier alpha value is -5.37. The van der Waals surface area contributed by atoms with E-state index in [4.69, 9.17) is 10.5 Å². The standard InChI is InChI=1S/C50H75N13O5/c51-50-59-47-46(49(67)60-50)57-43(34-56-47)33-55-42-17-15-41(16-18-42)48(66)58-45(68-38-64)20-19-44(65)37-63-30-10-29-61(27-7-3-2-6-22-53-26-32-63)35-39-11-13-40(14-12-39)36-62-28-8-4-1-5-21-52-23-9-24-54-25-31-62/h11-18,34,38,45,52-55H,1-10,19-33,35-37H2,(H,58,66)(H3,51,56,59,60,67). The lowest BCUT2D eigenvalue weighted by molar-refractivity contribution is -0.136. The number of nitrogens with one attached hydrogen (secondary N) is 6. The molecule has 370 valence electrons. The summed E-state index contributed by atoms with van der Waals surface area (Å²) in [4.78, 5) is 72.6. The van der Waals surface area contributed by atoms with Crippen molar-refractivity contribution in [3.63, 3.8) is 0 Å². The largest absolute Gasteiger partial charge is 0.444 e. The van der Waals surface area contributed by atoms with Crippen LogP contribution in [-0.2, 0) is 34.0 Å². The molecule has 0 aliphatic carbocycles. The molecule has 1 atom stereocenters. The van der Waals surface area contributed by atoms with Crippen LogP contribution in [0.15, 0.2) is 59.5 Å². The molecule has 0 bridgehead atoms. The number of rotatable bonds is 16. The van der Waals surface area contributed by atoms with Gasteiger partial charge in [0.25, 0.3) is 17.9 Å². The number of nitrogens with zero attached hydrogens (tertiary/aromatic N) is 6. The normalized spacial score (nSPS) is 18.1. The van der Waals surface area contributed by atoms with E-state index in [1.54, 1.807) is 24.3 Å². The van der Waals surface area contributed by atoms with E-state index in [9.17, 15) is 19.2 Å². The summed E-state index contributed by atoms with van der Waals surface area (Å²) in [6, 6.07) is 16.0. The van der Waals surface area contributed by atoms with Gasteiger partial charge in [-0.05, 0) is 126 Å². The van der Waals surface area contributed by atoms with Crippen LogP contribution in [-0.4, -0.2) is 144 Å². The molecule has 8 N–H and O–H groups in total. The molecule has 1 amide bonds. The smallest absolute Gasteiger partial charge is 0.295 e. The first kappa shape index (κ1) is 52.0. The van der Waals surface area contributed by atoms with Crippen molar-refractivity contribution in [1.29, 1.82) is 0 Å². The van der Waals surface area contributed by atoms with Crippen LogP contribution in [0.1, 0.15) is 104 Å². The van der Waals surface area contributed by atoms with Gasteiger partial charge in [-0.15, -0.1) is 0 Å². The number of anilines is 2. The van der Waals surface area contributed by atoms with Crippen molar-refractivity contribution in [1.82, 2.24) is 55.9 Å². The van der Waals surface area contributed by atoms with Crippen LogP contribution in [0.5, 0.6) is 0 Å². The third-order valence-electron chi connectivity index (χ3n) is 12.6. The number of hydrogen-bond acceptors (Lipinski definition) is 16. The summed E-state index contributed by atoms with van der Waals surface area (Å²) in [7, 11) is 0. The van der Waals surface area contributed by atoms with Crippen molar-refractivity contribution in [3.05, 3.63) is 87.5 Å². The zero-order valence-corrected chi connectivity index (χ0v) is 40.0. The van der Waals surface area contributed by atoms with E-state index in [0.29, 0.717) is 23.4 Å². The second-order valence-electron chi connectivity index (χ2n) is 18.1. The Labute approximate surface area is 401 Å². The predicted octanol–water partition coefficient (Wildman–Crippen LogP) is 3.79. The van der Waals surface area contributed by atoms with Crippen molar-refractivity contribution >= 4 is 41.0 Å². The molecule has 2 aliphatic rings. The van der Waals surface area contributed by atoms with Crippen molar-refractivity contribution in [2.75, 3.05) is 96.1 Å². The number of ketones is 1. The van der Waals surface area contributed by atoms with Gasteiger partial charge in [0.1, 0.15) is 5.78 Å². The zero-order valence-electron chi connectivity index (χ0n) is 40.0. The molecule has 4 heterocycles. The molecule has 2 aliphatic heterocycles. The van der Waals surface area contributed by atoms with Crippen LogP contribution in [0.25, 0.3) is 11.2 Å². The maximum atomic E-state index is 13.4. The summed E-state index contributed by atoms with van der Waals surface area (Å²) in [6.07, 6.45) is 12.8. The molecular weight excluding hydrogens is 863 g/mol. The number of nitrogen functional groups attached to an aromatic ring is 1. The average Bonchev–Trinajstić information content (AvgIpc) is 3.33. The first-order valence-corrected chi connectivity index (χ1v) is 25.0. The van der Waals surface area contributed by atoms with Crippen LogP contribution in [0.3, 0.4) is 0 Å². The highest BCUT2D eigenvalue weighted by atomic mass is 16.5. The highest BCUT2D eigenvalue weighted by Gasteiger charge is 2.19. The van der Waals surface area contributed by atoms with E-state index in [1.165, 1.54) is 68.7 Å². The Morgan fingerprint density at radius 2 is 1.29 bits per heavy atom. The minimum absolute atomic E-state index is 0.0285. The summed E-state index contributed by atoms with van der Waals surface area (Å²) >= 11 is 0. The van der Waals surface area contributed by atoms with Crippen LogP contribution < -0.4 is 37.9 Å². The molecule has 1 unspecified atom stereocenters. The Morgan fingerprint density at radius 3 is 1.97 bits per heavy atom. The molecule has 2 aromatic heterocycles. The molecule has 2 fully saturated rings. The predicted molar refractivity (Wildman–Crippen MR) is 267 cm³/mol. The van der Waals surface area contributed by atoms with Crippen LogP contribution in [0.4, 0.5) is 11.6 Å². The number of carbonyl (C=O) groups excluding carboxylic acids is 3. The van der Waals surface area contributed by atoms with E-state index in [2.05, 4.69) is 85.5 Å². The second-order valence-corrected chi connectivity index (χ2v) is 18.1. The Morgan fingerprint density at radius 1 is 0.706 bits per heavy atom. The number of fused-ring (bicyclic) bond motifs is 1. The van der Waals surface area contributed by atoms with Gasteiger partial charge in [-0.2, -0.15) is 4.98 Å². The maximum absolute atomic E-state index is 13.4. The van der Waals surface area contributed by atoms with E-state index >= 15 is 0 Å². The number of amides is 1. The summed E-state index contributed by atoms with van der Waals surface area (Å²) in [5.41, 5.74) is 9.64. The fraction of sp³-hybridized carbons (Fsp3) is 0.580. The minimum Gasteiger partial charge on any atom is -0.444 e. The van der Waals surface area contributed by atoms with Gasteiger partial charge >= 0.3 is 0 Å². The van der Waals surface area contributed by atoms with Crippen molar-refractivity contribution < 1.29 is 19.1 Å². The Kier molecular flexibility index (Phi) is 22.6. The highest BCUT2D eigenvalue weighted by Crippen LogP contribution is 2.16. The van der Waals surface area contributed by atoms with E-state index in [0.717, 1.165) is 104 Å². The van der Waals surface area contributed by atoms with Gasteiger partial charge in [-0.3, -0.25) is 38.9 Å². The molecule has 0 spiro atoms. The number of benzene rings is 2. The molecule has 18 heteroatoms. The lowest BCUT2D eigenvalue weighted by atomic mass is 10.1. The van der Waals surface area contributed by atoms with Gasteiger partial charge in [-0.25, -0.2) is 9.97 Å². The molecule has 2 aromatic carbocycles. The number of hydrogen-bond donors (Lipinski definition) is 7. The molecular formula is C50H75N13O5. The minimum atomic E-state index is -0.961. The highest BCUT2D eigenvalue weighted by molar-refractivity contribution is 5.94. The lowest BCUT2D eigenvalue weighted by Crippen LogP contribution is -2.40. The molecule has 18 nitrogen and oxygen atoms in total. The molecule has 4 aromatic rings. The number of Topliss-reactive ketones (excluding diaryl/α,β-unsaturated/α-hetero) is 1. The fourth-order valence-electron chi connectivity index (χ4n) is 8.74. The Balaban J connectivity index is 0.947. The zero-order chi connectivity index (χ0) is 47.6. The quantitative estimate of drug-likeness (QED) is 0.0627. The third kappa shape index (κ3) is 19.0. The van der Waals surface area contributed by atoms with Crippen molar-refractivity contribution in [2.24, 2.45) is 0 Å². The molecule has 0 saturated carbocycles. The summed E-state index contributed by atoms with van der Waals surface area (Å²) in [5.74, 6) is -0.444. The first-order chi connectivity index (χ1) is 33.3. The summed E-state index contributed by atoms with van der Waals surface area (Å²) < 4.78 is 5.22. The molecule has 68 heavy (non-hydrogen) atoms. The van der Waals surface area contributed by atoms with E-state index in [1.807, 2.05) is 0 Å². The van der Waals surface area contributed by atoms with Crippen molar-refractivity contribution in [2.45, 2.75) is 103 Å².